The second-order valence-electron chi connectivity index (χ2n) is 4.90. The number of aryl methyl sites for hydroxylation is 2. The molecule has 1 atom stereocenters. The fourth-order valence-corrected chi connectivity index (χ4v) is 2.26. The van der Waals surface area contributed by atoms with Gasteiger partial charge in [0.1, 0.15) is 5.82 Å². The van der Waals surface area contributed by atoms with Crippen LogP contribution in [0.1, 0.15) is 35.7 Å². The average molecular weight is 380 g/mol. The number of nitrogens with zero attached hydrogens (tertiary/aromatic N) is 3. The molecular weight excluding hydrogens is 366 g/mol. The first-order chi connectivity index (χ1) is 10.2. The lowest BCUT2D eigenvalue weighted by atomic mass is 10.1. The zero-order valence-electron chi connectivity index (χ0n) is 12.2. The van der Waals surface area contributed by atoms with Crippen LogP contribution in [0.25, 0.3) is 0 Å². The molecule has 0 aliphatic carbocycles. The summed E-state index contributed by atoms with van der Waals surface area (Å²) in [7, 11) is 0. The predicted octanol–water partition coefficient (Wildman–Crippen LogP) is 5.14. The minimum absolute atomic E-state index is 0.0407. The van der Waals surface area contributed by atoms with Crippen molar-refractivity contribution in [1.29, 1.82) is 0 Å². The highest BCUT2D eigenvalue weighted by Crippen LogP contribution is 2.36. The lowest BCUT2D eigenvalue weighted by Gasteiger charge is -2.17. The van der Waals surface area contributed by atoms with Gasteiger partial charge in [-0.1, -0.05) is 58.5 Å². The van der Waals surface area contributed by atoms with Crippen LogP contribution in [0.2, 0.25) is 5.02 Å². The van der Waals surface area contributed by atoms with Gasteiger partial charge in [0.05, 0.1) is 6.04 Å². The molecule has 2 aromatic rings. The zero-order chi connectivity index (χ0) is 16.5. The Balaban J connectivity index is 2.26. The largest absolute Gasteiger partial charge is 0.348 e. The molecule has 0 amide bonds. The molecule has 2 rings (SSSR count). The highest BCUT2D eigenvalue weighted by atomic mass is 35.6. The van der Waals surface area contributed by atoms with Crippen LogP contribution in [0.5, 0.6) is 0 Å². The number of rotatable bonds is 3. The number of anilines is 1. The number of hydrogen-bond donors (Lipinski definition) is 1. The van der Waals surface area contributed by atoms with E-state index < -0.39 is 3.79 Å². The number of aromatic nitrogens is 3. The minimum atomic E-state index is -1.69. The second-order valence-corrected chi connectivity index (χ2v) is 7.59. The highest BCUT2D eigenvalue weighted by Gasteiger charge is 2.28. The van der Waals surface area contributed by atoms with Gasteiger partial charge in [0, 0.05) is 5.02 Å². The summed E-state index contributed by atoms with van der Waals surface area (Å²) >= 11 is 23.5. The fourth-order valence-electron chi connectivity index (χ4n) is 1.89. The van der Waals surface area contributed by atoms with Gasteiger partial charge in [-0.05, 0) is 38.0 Å². The van der Waals surface area contributed by atoms with Crippen LogP contribution in [0, 0.1) is 13.8 Å². The first-order valence-electron chi connectivity index (χ1n) is 6.49. The van der Waals surface area contributed by atoms with E-state index in [9.17, 15) is 0 Å². The van der Waals surface area contributed by atoms with E-state index in [1.54, 1.807) is 6.92 Å². The lowest BCUT2D eigenvalue weighted by molar-refractivity contribution is 0.819. The summed E-state index contributed by atoms with van der Waals surface area (Å²) in [5.41, 5.74) is 2.05. The van der Waals surface area contributed by atoms with Gasteiger partial charge in [-0.2, -0.15) is 9.97 Å². The molecule has 0 radical (unpaired) electrons. The van der Waals surface area contributed by atoms with Gasteiger partial charge in [-0.15, -0.1) is 0 Å². The summed E-state index contributed by atoms with van der Waals surface area (Å²) in [6.45, 7) is 5.65. The van der Waals surface area contributed by atoms with E-state index in [-0.39, 0.29) is 11.9 Å². The summed E-state index contributed by atoms with van der Waals surface area (Å²) in [6, 6.07) is 5.76. The molecule has 4 nitrogen and oxygen atoms in total. The Morgan fingerprint density at radius 3 is 2.36 bits per heavy atom. The number of hydrogen-bond acceptors (Lipinski definition) is 4. The van der Waals surface area contributed by atoms with Gasteiger partial charge in [-0.3, -0.25) is 0 Å². The van der Waals surface area contributed by atoms with Gasteiger partial charge >= 0.3 is 0 Å². The van der Waals surface area contributed by atoms with Crippen molar-refractivity contribution in [2.75, 3.05) is 5.32 Å². The normalized spacial score (nSPS) is 13.0. The number of halogens is 4. The lowest BCUT2D eigenvalue weighted by Crippen LogP contribution is -2.15. The molecule has 118 valence electrons. The van der Waals surface area contributed by atoms with Crippen LogP contribution in [0.4, 0.5) is 5.95 Å². The molecule has 0 aliphatic heterocycles. The number of alkyl halides is 3. The molecule has 0 saturated carbocycles. The third-order valence-corrected chi connectivity index (χ3v) is 3.96. The van der Waals surface area contributed by atoms with E-state index in [2.05, 4.69) is 20.3 Å². The number of nitrogens with one attached hydrogen (secondary N) is 1. The van der Waals surface area contributed by atoms with Crippen LogP contribution in [0.15, 0.2) is 18.2 Å². The molecule has 0 fully saturated rings. The van der Waals surface area contributed by atoms with Crippen LogP contribution in [-0.2, 0) is 3.79 Å². The van der Waals surface area contributed by atoms with Crippen molar-refractivity contribution >= 4 is 52.4 Å². The minimum Gasteiger partial charge on any atom is -0.348 e. The number of benzene rings is 1. The van der Waals surface area contributed by atoms with E-state index in [0.717, 1.165) is 16.1 Å². The molecule has 0 saturated heterocycles. The zero-order valence-corrected chi connectivity index (χ0v) is 15.2. The molecule has 0 aliphatic rings. The summed E-state index contributed by atoms with van der Waals surface area (Å²) in [6.07, 6.45) is 0. The molecule has 22 heavy (non-hydrogen) atoms. The van der Waals surface area contributed by atoms with Gasteiger partial charge in [0.2, 0.25) is 9.74 Å². The van der Waals surface area contributed by atoms with Crippen LogP contribution in [0.3, 0.4) is 0 Å². The Labute approximate surface area is 149 Å². The fraction of sp³-hybridized carbons (Fsp3) is 0.357. The third kappa shape index (κ3) is 4.35. The molecule has 0 spiro atoms. The van der Waals surface area contributed by atoms with Gasteiger partial charge in [0.15, 0.2) is 5.82 Å². The molecule has 0 bridgehead atoms. The van der Waals surface area contributed by atoms with Gasteiger partial charge in [0.25, 0.3) is 0 Å². The monoisotopic (exact) mass is 378 g/mol. The maximum absolute atomic E-state index is 6.04. The summed E-state index contributed by atoms with van der Waals surface area (Å²) in [4.78, 5) is 12.4. The van der Waals surface area contributed by atoms with Crippen molar-refractivity contribution in [2.24, 2.45) is 0 Å². The van der Waals surface area contributed by atoms with Crippen molar-refractivity contribution in [2.45, 2.75) is 30.6 Å². The predicted molar refractivity (Wildman–Crippen MR) is 92.0 cm³/mol. The van der Waals surface area contributed by atoms with Crippen LogP contribution in [-0.4, -0.2) is 15.0 Å². The second kappa shape index (κ2) is 6.75. The maximum atomic E-state index is 6.04. The standard InChI is InChI=1S/C14H14Cl4N4/c1-7-6-10(4-5-11(7)15)8(2)19-13-21-9(3)20-12(22-13)14(16,17)18/h4-6,8H,1-3H3,(H,19,20,21,22). The third-order valence-electron chi connectivity index (χ3n) is 3.03. The molecule has 1 N–H and O–H groups in total. The van der Waals surface area contributed by atoms with E-state index in [1.165, 1.54) is 0 Å². The highest BCUT2D eigenvalue weighted by molar-refractivity contribution is 6.66. The van der Waals surface area contributed by atoms with Gasteiger partial charge < -0.3 is 5.32 Å². The van der Waals surface area contributed by atoms with Crippen molar-refractivity contribution in [3.05, 3.63) is 46.0 Å². The van der Waals surface area contributed by atoms with Crippen molar-refractivity contribution < 1.29 is 0 Å². The molecule has 8 heteroatoms. The van der Waals surface area contributed by atoms with Crippen LogP contribution < -0.4 is 5.32 Å². The molecule has 1 heterocycles. The summed E-state index contributed by atoms with van der Waals surface area (Å²) in [5.74, 6) is 0.916. The average Bonchev–Trinajstić information content (AvgIpc) is 2.40. The molecule has 1 aromatic carbocycles. The van der Waals surface area contributed by atoms with Crippen molar-refractivity contribution in [1.82, 2.24) is 15.0 Å². The smallest absolute Gasteiger partial charge is 0.250 e. The SMILES string of the molecule is Cc1nc(NC(C)c2ccc(Cl)c(C)c2)nc(C(Cl)(Cl)Cl)n1. The van der Waals surface area contributed by atoms with Crippen molar-refractivity contribution in [3.63, 3.8) is 0 Å². The summed E-state index contributed by atoms with van der Waals surface area (Å²) in [5, 5.41) is 3.90. The van der Waals surface area contributed by atoms with E-state index in [4.69, 9.17) is 46.4 Å². The summed E-state index contributed by atoms with van der Waals surface area (Å²) < 4.78 is -1.69. The Morgan fingerprint density at radius 1 is 1.09 bits per heavy atom. The van der Waals surface area contributed by atoms with E-state index in [0.29, 0.717) is 11.8 Å². The Kier molecular flexibility index (Phi) is 5.38. The van der Waals surface area contributed by atoms with Gasteiger partial charge in [-0.25, -0.2) is 4.98 Å². The first-order valence-corrected chi connectivity index (χ1v) is 8.00. The quantitative estimate of drug-likeness (QED) is 0.750. The Morgan fingerprint density at radius 2 is 1.77 bits per heavy atom. The molecular formula is C14H14Cl4N4. The Hall–Kier alpha value is -0.810. The topological polar surface area (TPSA) is 50.7 Å². The maximum Gasteiger partial charge on any atom is 0.250 e. The van der Waals surface area contributed by atoms with Crippen LogP contribution >= 0.6 is 46.4 Å². The first kappa shape index (κ1) is 17.5. The molecule has 1 unspecified atom stereocenters. The van der Waals surface area contributed by atoms with Crippen molar-refractivity contribution in [3.8, 4) is 0 Å². The Bertz CT molecular complexity index is 685. The van der Waals surface area contributed by atoms with E-state index in [1.807, 2.05) is 32.0 Å². The molecule has 1 aromatic heterocycles. The van der Waals surface area contributed by atoms with E-state index >= 15 is 0 Å².